The summed E-state index contributed by atoms with van der Waals surface area (Å²) in [6.07, 6.45) is 6.69. The van der Waals surface area contributed by atoms with Crippen molar-refractivity contribution < 1.29 is 9.90 Å². The van der Waals surface area contributed by atoms with Crippen LogP contribution in [-0.4, -0.2) is 33.7 Å². The molecule has 1 aromatic carbocycles. The van der Waals surface area contributed by atoms with Gasteiger partial charge in [0.2, 0.25) is 0 Å². The van der Waals surface area contributed by atoms with E-state index in [1.807, 2.05) is 36.1 Å². The number of hydrogen-bond acceptors (Lipinski definition) is 3. The van der Waals surface area contributed by atoms with Crippen LogP contribution in [-0.2, 0) is 19.9 Å². The predicted octanol–water partition coefficient (Wildman–Crippen LogP) is 2.11. The zero-order chi connectivity index (χ0) is 14.8. The van der Waals surface area contributed by atoms with Gasteiger partial charge < -0.3 is 14.6 Å². The third-order valence-electron chi connectivity index (χ3n) is 4.07. The number of carbonyl (C=O) groups is 1. The van der Waals surface area contributed by atoms with Crippen LogP contribution in [0.2, 0.25) is 0 Å². The zero-order valence-corrected chi connectivity index (χ0v) is 12.1. The van der Waals surface area contributed by atoms with Gasteiger partial charge in [-0.2, -0.15) is 0 Å². The van der Waals surface area contributed by atoms with Crippen LogP contribution in [0.15, 0.2) is 30.6 Å². The summed E-state index contributed by atoms with van der Waals surface area (Å²) in [5.74, 6) is 0.215. The first-order valence-corrected chi connectivity index (χ1v) is 7.22. The second-order valence-corrected chi connectivity index (χ2v) is 5.44. The Hall–Kier alpha value is -2.30. The fraction of sp³-hybridized carbons (Fsp3) is 0.375. The van der Waals surface area contributed by atoms with Gasteiger partial charge in [-0.25, -0.2) is 9.78 Å². The highest BCUT2D eigenvalue weighted by molar-refractivity contribution is 5.88. The first kappa shape index (κ1) is 13.7. The Morgan fingerprint density at radius 1 is 1.43 bits per heavy atom. The molecule has 0 fully saturated rings. The van der Waals surface area contributed by atoms with E-state index >= 15 is 0 Å². The van der Waals surface area contributed by atoms with Crippen LogP contribution < -0.4 is 4.90 Å². The SMILES string of the molecule is Cn1ccnc1CCN1CCCc2cc(C(=O)O)ccc21. The number of aryl methyl sites for hydroxylation is 2. The lowest BCUT2D eigenvalue weighted by molar-refractivity contribution is 0.0697. The van der Waals surface area contributed by atoms with Crippen LogP contribution in [0.4, 0.5) is 5.69 Å². The summed E-state index contributed by atoms with van der Waals surface area (Å²) in [5.41, 5.74) is 2.68. The third-order valence-corrected chi connectivity index (χ3v) is 4.07. The highest BCUT2D eigenvalue weighted by atomic mass is 16.4. The monoisotopic (exact) mass is 285 g/mol. The molecule has 1 aliphatic heterocycles. The summed E-state index contributed by atoms with van der Waals surface area (Å²) in [6.45, 7) is 1.92. The van der Waals surface area contributed by atoms with E-state index in [9.17, 15) is 4.79 Å². The van der Waals surface area contributed by atoms with Crippen molar-refractivity contribution in [3.63, 3.8) is 0 Å². The number of aromatic carboxylic acids is 1. The van der Waals surface area contributed by atoms with E-state index in [4.69, 9.17) is 5.11 Å². The number of imidazole rings is 1. The highest BCUT2D eigenvalue weighted by Crippen LogP contribution is 2.28. The average molecular weight is 285 g/mol. The van der Waals surface area contributed by atoms with Gasteiger partial charge in [0.05, 0.1) is 5.56 Å². The molecular formula is C16H19N3O2. The molecule has 110 valence electrons. The summed E-state index contributed by atoms with van der Waals surface area (Å²) in [7, 11) is 2.01. The van der Waals surface area contributed by atoms with Gasteiger partial charge >= 0.3 is 5.97 Å². The first-order valence-electron chi connectivity index (χ1n) is 7.22. The van der Waals surface area contributed by atoms with E-state index in [0.717, 1.165) is 43.7 Å². The number of carboxylic acids is 1. The number of fused-ring (bicyclic) bond motifs is 1. The van der Waals surface area contributed by atoms with Crippen molar-refractivity contribution in [2.45, 2.75) is 19.3 Å². The molecule has 2 aromatic rings. The molecule has 0 unspecified atom stereocenters. The molecule has 0 radical (unpaired) electrons. The number of aromatic nitrogens is 2. The second kappa shape index (κ2) is 5.60. The Balaban J connectivity index is 1.77. The Bertz CT molecular complexity index is 663. The van der Waals surface area contributed by atoms with Crippen LogP contribution in [0.25, 0.3) is 0 Å². The maximum Gasteiger partial charge on any atom is 0.335 e. The van der Waals surface area contributed by atoms with E-state index in [2.05, 4.69) is 9.88 Å². The second-order valence-electron chi connectivity index (χ2n) is 5.44. The van der Waals surface area contributed by atoms with Crippen molar-refractivity contribution in [3.05, 3.63) is 47.5 Å². The Labute approximate surface area is 123 Å². The van der Waals surface area contributed by atoms with Crippen LogP contribution in [0.1, 0.15) is 28.2 Å². The average Bonchev–Trinajstić information content (AvgIpc) is 2.89. The van der Waals surface area contributed by atoms with E-state index < -0.39 is 5.97 Å². The van der Waals surface area contributed by atoms with Crippen molar-refractivity contribution in [2.24, 2.45) is 7.05 Å². The Morgan fingerprint density at radius 2 is 2.29 bits per heavy atom. The summed E-state index contributed by atoms with van der Waals surface area (Å²) < 4.78 is 2.04. The van der Waals surface area contributed by atoms with Gasteiger partial charge in [0.1, 0.15) is 5.82 Å². The Kier molecular flexibility index (Phi) is 3.64. The summed E-state index contributed by atoms with van der Waals surface area (Å²) in [5, 5.41) is 9.09. The van der Waals surface area contributed by atoms with Crippen molar-refractivity contribution in [1.82, 2.24) is 9.55 Å². The predicted molar refractivity (Wildman–Crippen MR) is 80.8 cm³/mol. The molecule has 0 spiro atoms. The molecule has 1 aliphatic rings. The number of hydrogen-bond donors (Lipinski definition) is 1. The fourth-order valence-electron chi connectivity index (χ4n) is 2.91. The lowest BCUT2D eigenvalue weighted by atomic mass is 9.99. The number of anilines is 1. The lowest BCUT2D eigenvalue weighted by Gasteiger charge is -2.31. The van der Waals surface area contributed by atoms with Gasteiger partial charge in [0.25, 0.3) is 0 Å². The number of nitrogens with zero attached hydrogens (tertiary/aromatic N) is 3. The smallest absolute Gasteiger partial charge is 0.335 e. The van der Waals surface area contributed by atoms with Crippen molar-refractivity contribution in [2.75, 3.05) is 18.0 Å². The molecule has 1 N–H and O–H groups in total. The summed E-state index contributed by atoms with van der Waals surface area (Å²) in [6, 6.07) is 5.45. The third kappa shape index (κ3) is 2.77. The molecule has 0 saturated heterocycles. The van der Waals surface area contributed by atoms with Crippen LogP contribution in [0.3, 0.4) is 0 Å². The maximum atomic E-state index is 11.1. The molecule has 0 saturated carbocycles. The molecule has 21 heavy (non-hydrogen) atoms. The van der Waals surface area contributed by atoms with Gasteiger partial charge in [-0.15, -0.1) is 0 Å². The number of benzene rings is 1. The van der Waals surface area contributed by atoms with Crippen molar-refractivity contribution in [1.29, 1.82) is 0 Å². The lowest BCUT2D eigenvalue weighted by Crippen LogP contribution is -2.31. The molecule has 1 aromatic heterocycles. The molecule has 0 amide bonds. The van der Waals surface area contributed by atoms with Crippen LogP contribution >= 0.6 is 0 Å². The first-order chi connectivity index (χ1) is 10.1. The standard InChI is InChI=1S/C16H19N3O2/c1-18-10-7-17-15(18)6-9-19-8-2-3-12-11-13(16(20)21)4-5-14(12)19/h4-5,7,10-11H,2-3,6,8-9H2,1H3,(H,20,21). The van der Waals surface area contributed by atoms with Gasteiger partial charge in [-0.3, -0.25) is 0 Å². The molecular weight excluding hydrogens is 266 g/mol. The summed E-state index contributed by atoms with van der Waals surface area (Å²) >= 11 is 0. The van der Waals surface area contributed by atoms with Crippen LogP contribution in [0.5, 0.6) is 0 Å². The minimum atomic E-state index is -0.858. The van der Waals surface area contributed by atoms with Gasteiger partial charge in [0, 0.05) is 44.6 Å². The molecule has 2 heterocycles. The van der Waals surface area contributed by atoms with Crippen molar-refractivity contribution >= 4 is 11.7 Å². The molecule has 5 heteroatoms. The van der Waals surface area contributed by atoms with E-state index in [0.29, 0.717) is 5.56 Å². The van der Waals surface area contributed by atoms with Crippen LogP contribution in [0, 0.1) is 0 Å². The zero-order valence-electron chi connectivity index (χ0n) is 12.1. The quantitative estimate of drug-likeness (QED) is 0.934. The molecule has 0 atom stereocenters. The molecule has 5 nitrogen and oxygen atoms in total. The molecule has 3 rings (SSSR count). The minimum absolute atomic E-state index is 0.375. The molecule has 0 bridgehead atoms. The van der Waals surface area contributed by atoms with Crippen molar-refractivity contribution in [3.8, 4) is 0 Å². The summed E-state index contributed by atoms with van der Waals surface area (Å²) in [4.78, 5) is 17.7. The van der Waals surface area contributed by atoms with E-state index in [1.54, 1.807) is 6.07 Å². The van der Waals surface area contributed by atoms with Gasteiger partial charge in [0.15, 0.2) is 0 Å². The van der Waals surface area contributed by atoms with Gasteiger partial charge in [-0.1, -0.05) is 0 Å². The highest BCUT2D eigenvalue weighted by Gasteiger charge is 2.18. The topological polar surface area (TPSA) is 58.4 Å². The number of rotatable bonds is 4. The fourth-order valence-corrected chi connectivity index (χ4v) is 2.91. The largest absolute Gasteiger partial charge is 0.478 e. The Morgan fingerprint density at radius 3 is 3.00 bits per heavy atom. The van der Waals surface area contributed by atoms with Gasteiger partial charge in [-0.05, 0) is 36.6 Å². The minimum Gasteiger partial charge on any atom is -0.478 e. The normalized spacial score (nSPS) is 14.0. The van der Waals surface area contributed by atoms with E-state index in [-0.39, 0.29) is 0 Å². The molecule has 0 aliphatic carbocycles. The maximum absolute atomic E-state index is 11.1. The number of carboxylic acid groups (broad SMARTS) is 1. The van der Waals surface area contributed by atoms with E-state index in [1.165, 1.54) is 5.69 Å².